The quantitative estimate of drug-likeness (QED) is 0.428. The summed E-state index contributed by atoms with van der Waals surface area (Å²) in [5, 5.41) is -0.149. The van der Waals surface area contributed by atoms with Gasteiger partial charge in [0.05, 0.1) is 18.0 Å². The van der Waals surface area contributed by atoms with E-state index in [1.807, 2.05) is 0 Å². The molecule has 3 fully saturated rings. The smallest absolute Gasteiger partial charge is 0.410 e. The molecule has 0 saturated carbocycles. The molecule has 3 aliphatic heterocycles. The number of halogens is 3. The molecule has 0 bridgehead atoms. The van der Waals surface area contributed by atoms with E-state index < -0.39 is 39.3 Å². The fraction of sp³-hybridized carbons (Fsp3) is 0.552. The highest BCUT2D eigenvalue weighted by Gasteiger charge is 2.47. The molecule has 11 nitrogen and oxygen atoms in total. The van der Waals surface area contributed by atoms with Gasteiger partial charge in [0.1, 0.15) is 22.7 Å². The fourth-order valence-corrected chi connectivity index (χ4v) is 7.04. The Morgan fingerprint density at radius 1 is 1.05 bits per heavy atom. The summed E-state index contributed by atoms with van der Waals surface area (Å²) in [6.45, 7) is 5.97. The molecular weight excluding hydrogens is 620 g/mol. The van der Waals surface area contributed by atoms with E-state index in [0.29, 0.717) is 18.7 Å². The number of alkyl halides is 2. The molecule has 5 rings (SSSR count). The van der Waals surface area contributed by atoms with E-state index in [1.54, 1.807) is 42.7 Å². The van der Waals surface area contributed by atoms with Gasteiger partial charge < -0.3 is 24.2 Å². The largest absolute Gasteiger partial charge is 0.444 e. The molecule has 1 aromatic carbocycles. The lowest BCUT2D eigenvalue weighted by Crippen LogP contribution is -2.52. The third-order valence-corrected chi connectivity index (χ3v) is 9.82. The summed E-state index contributed by atoms with van der Waals surface area (Å²) in [4.78, 5) is 33.4. The highest BCUT2D eigenvalue weighted by Crippen LogP contribution is 2.38. The Morgan fingerprint density at radius 3 is 2.34 bits per heavy atom. The molecule has 44 heavy (non-hydrogen) atoms. The number of benzene rings is 1. The fourth-order valence-electron chi connectivity index (χ4n) is 5.41. The molecule has 2 amide bonds. The molecule has 240 valence electrons. The number of morpholine rings is 1. The molecule has 4 heterocycles. The number of amides is 2. The van der Waals surface area contributed by atoms with Crippen molar-refractivity contribution >= 4 is 45.1 Å². The van der Waals surface area contributed by atoms with Crippen LogP contribution < -0.4 is 9.80 Å². The lowest BCUT2D eigenvalue weighted by atomic mass is 10.0. The van der Waals surface area contributed by atoms with Gasteiger partial charge in [0.25, 0.3) is 0 Å². The zero-order chi connectivity index (χ0) is 31.9. The van der Waals surface area contributed by atoms with E-state index in [9.17, 15) is 18.0 Å². The summed E-state index contributed by atoms with van der Waals surface area (Å²) < 4.78 is 70.3. The maximum absolute atomic E-state index is 15.8. The Kier molecular flexibility index (Phi) is 9.09. The van der Waals surface area contributed by atoms with Crippen LogP contribution in [0.1, 0.15) is 39.2 Å². The number of hydrogen-bond donors (Lipinski definition) is 0. The molecule has 0 unspecified atom stereocenters. The zero-order valence-corrected chi connectivity index (χ0v) is 26.4. The molecule has 3 aliphatic rings. The number of piperazine rings is 1. The predicted octanol–water partition coefficient (Wildman–Crippen LogP) is 4.10. The second-order valence-electron chi connectivity index (χ2n) is 12.0. The van der Waals surface area contributed by atoms with Crippen molar-refractivity contribution < 1.29 is 36.3 Å². The zero-order valence-electron chi connectivity index (χ0n) is 24.8. The number of hydrogen-bond acceptors (Lipinski definition) is 8. The van der Waals surface area contributed by atoms with Crippen molar-refractivity contribution in [1.29, 1.82) is 0 Å². The number of aromatic nitrogens is 1. The Morgan fingerprint density at radius 2 is 1.73 bits per heavy atom. The topological polar surface area (TPSA) is 113 Å². The van der Waals surface area contributed by atoms with E-state index in [2.05, 4.69) is 4.98 Å². The first-order valence-corrected chi connectivity index (χ1v) is 16.3. The highest BCUT2D eigenvalue weighted by atomic mass is 35.5. The number of carbonyl (C=O) groups is 2. The van der Waals surface area contributed by atoms with Gasteiger partial charge in [-0.1, -0.05) is 11.6 Å². The van der Waals surface area contributed by atoms with Gasteiger partial charge in [0, 0.05) is 56.9 Å². The second-order valence-corrected chi connectivity index (χ2v) is 14.3. The molecule has 3 saturated heterocycles. The van der Waals surface area contributed by atoms with Gasteiger partial charge in [-0.15, -0.1) is 0 Å². The summed E-state index contributed by atoms with van der Waals surface area (Å²) in [5.74, 6) is -3.32. The summed E-state index contributed by atoms with van der Waals surface area (Å²) in [6.07, 6.45) is -1.08. The van der Waals surface area contributed by atoms with Crippen molar-refractivity contribution in [2.24, 2.45) is 0 Å². The van der Waals surface area contributed by atoms with Gasteiger partial charge in [-0.3, -0.25) is 4.79 Å². The Hall–Kier alpha value is -3.07. The summed E-state index contributed by atoms with van der Waals surface area (Å²) in [6, 6.07) is 8.55. The van der Waals surface area contributed by atoms with Gasteiger partial charge in [-0.05, 0) is 63.6 Å². The Labute approximate surface area is 260 Å². The van der Waals surface area contributed by atoms with Crippen LogP contribution in [-0.4, -0.2) is 98.7 Å². The number of rotatable bonds is 6. The monoisotopic (exact) mass is 655 g/mol. The Bertz CT molecular complexity index is 1500. The maximum Gasteiger partial charge on any atom is 0.410 e. The molecular formula is C29H36ClF2N5O6S. The molecule has 0 spiro atoms. The SMILES string of the molecule is CC(C)(C)OC(=O)N1CCO[C@H](C(F)(F)c2cc(Cl)nc(N3CCN(S(=O)(=O)c4ccc(N5CCCC5=O)cc4)CC3)c2)C1. The van der Waals surface area contributed by atoms with Crippen LogP contribution in [0.25, 0.3) is 0 Å². The second kappa shape index (κ2) is 12.4. The number of carbonyl (C=O) groups excluding carboxylic acids is 2. The first kappa shape index (κ1) is 32.3. The summed E-state index contributed by atoms with van der Waals surface area (Å²) >= 11 is 6.19. The average Bonchev–Trinajstić information content (AvgIpc) is 3.42. The molecule has 1 atom stereocenters. The summed E-state index contributed by atoms with van der Waals surface area (Å²) in [7, 11) is -3.82. The van der Waals surface area contributed by atoms with Crippen LogP contribution in [0.5, 0.6) is 0 Å². The number of nitrogens with zero attached hydrogens (tertiary/aromatic N) is 5. The minimum Gasteiger partial charge on any atom is -0.444 e. The van der Waals surface area contributed by atoms with Crippen LogP contribution in [-0.2, 0) is 30.2 Å². The van der Waals surface area contributed by atoms with Gasteiger partial charge >= 0.3 is 12.0 Å². The molecule has 2 aromatic rings. The van der Waals surface area contributed by atoms with Crippen LogP contribution in [0, 0.1) is 0 Å². The number of pyridine rings is 1. The Balaban J connectivity index is 1.25. The third-order valence-electron chi connectivity index (χ3n) is 7.71. The first-order valence-electron chi connectivity index (χ1n) is 14.5. The maximum atomic E-state index is 15.8. The van der Waals surface area contributed by atoms with Crippen LogP contribution in [0.3, 0.4) is 0 Å². The van der Waals surface area contributed by atoms with Crippen LogP contribution in [0.4, 0.5) is 25.1 Å². The van der Waals surface area contributed by atoms with E-state index >= 15 is 8.78 Å². The van der Waals surface area contributed by atoms with Gasteiger partial charge in [-0.25, -0.2) is 18.2 Å². The van der Waals surface area contributed by atoms with Crippen molar-refractivity contribution in [3.8, 4) is 0 Å². The summed E-state index contributed by atoms with van der Waals surface area (Å²) in [5.41, 5.74) is -0.536. The van der Waals surface area contributed by atoms with Gasteiger partial charge in [0.2, 0.25) is 15.9 Å². The lowest BCUT2D eigenvalue weighted by Gasteiger charge is -2.38. The lowest BCUT2D eigenvalue weighted by molar-refractivity contribution is -0.170. The van der Waals surface area contributed by atoms with Crippen LogP contribution in [0.15, 0.2) is 41.3 Å². The van der Waals surface area contributed by atoms with Crippen LogP contribution >= 0.6 is 11.6 Å². The van der Waals surface area contributed by atoms with Crippen molar-refractivity contribution in [2.45, 2.75) is 56.1 Å². The minimum atomic E-state index is -3.82. The van der Waals surface area contributed by atoms with Crippen LogP contribution in [0.2, 0.25) is 5.15 Å². The molecule has 1 aromatic heterocycles. The average molecular weight is 656 g/mol. The normalized spacial score (nSPS) is 20.7. The van der Waals surface area contributed by atoms with Crippen molar-refractivity contribution in [1.82, 2.24) is 14.2 Å². The van der Waals surface area contributed by atoms with E-state index in [-0.39, 0.29) is 67.6 Å². The number of sulfonamides is 1. The van der Waals surface area contributed by atoms with Gasteiger partial charge in [0.15, 0.2) is 0 Å². The molecule has 0 radical (unpaired) electrons. The predicted molar refractivity (Wildman–Crippen MR) is 160 cm³/mol. The molecule has 0 N–H and O–H groups in total. The number of anilines is 2. The van der Waals surface area contributed by atoms with Crippen molar-refractivity contribution in [2.75, 3.05) is 62.2 Å². The van der Waals surface area contributed by atoms with Crippen molar-refractivity contribution in [3.63, 3.8) is 0 Å². The standard InChI is InChI=1S/C29H36ClF2N5O6S/c1-28(2,3)43-27(39)35-15-16-42-23(19-35)29(31,32)20-17-24(30)33-25(18-20)34-11-13-36(14-12-34)44(40,41)22-8-6-21(7-9-22)37-10-4-5-26(37)38/h6-9,17-18,23H,4-5,10-16,19H2,1-3H3/t23-/m0/s1. The van der Waals surface area contributed by atoms with Crippen molar-refractivity contribution in [3.05, 3.63) is 47.1 Å². The number of ether oxygens (including phenoxy) is 2. The van der Waals surface area contributed by atoms with E-state index in [4.69, 9.17) is 21.1 Å². The van der Waals surface area contributed by atoms with E-state index in [1.165, 1.54) is 27.4 Å². The third kappa shape index (κ3) is 6.93. The van der Waals surface area contributed by atoms with E-state index in [0.717, 1.165) is 12.5 Å². The first-order chi connectivity index (χ1) is 20.6. The highest BCUT2D eigenvalue weighted by molar-refractivity contribution is 7.89. The minimum absolute atomic E-state index is 0.0151. The molecule has 15 heteroatoms. The van der Waals surface area contributed by atoms with Gasteiger partial charge in [-0.2, -0.15) is 13.1 Å². The molecule has 0 aliphatic carbocycles.